The zero-order valence-electron chi connectivity index (χ0n) is 13.0. The third-order valence-corrected chi connectivity index (χ3v) is 4.45. The summed E-state index contributed by atoms with van der Waals surface area (Å²) in [5, 5.41) is 13.2. The van der Waals surface area contributed by atoms with E-state index in [1.165, 1.54) is 6.42 Å². The normalized spacial score (nSPS) is 19.6. The number of aliphatic hydroxyl groups is 1. The number of hydrogen-bond acceptors (Lipinski definition) is 3. The third kappa shape index (κ3) is 6.71. The van der Waals surface area contributed by atoms with Crippen molar-refractivity contribution in [3.8, 4) is 0 Å². The zero-order valence-corrected chi connectivity index (χ0v) is 13.0. The van der Waals surface area contributed by atoms with Gasteiger partial charge in [-0.25, -0.2) is 0 Å². The first kappa shape index (κ1) is 17.4. The molecule has 1 atom stereocenters. The highest BCUT2D eigenvalue weighted by Gasteiger charge is 2.29. The van der Waals surface area contributed by atoms with E-state index in [4.69, 9.17) is 5.73 Å². The zero-order chi connectivity index (χ0) is 14.8. The van der Waals surface area contributed by atoms with Gasteiger partial charge in [0.2, 0.25) is 5.91 Å². The Morgan fingerprint density at radius 3 is 2.55 bits per heavy atom. The van der Waals surface area contributed by atoms with Crippen LogP contribution in [0.1, 0.15) is 71.1 Å². The average molecular weight is 284 g/mol. The highest BCUT2D eigenvalue weighted by atomic mass is 16.3. The number of hydrogen-bond donors (Lipinski definition) is 3. The Bertz CT molecular complexity index is 270. The van der Waals surface area contributed by atoms with E-state index in [1.807, 2.05) is 0 Å². The predicted octanol–water partition coefficient (Wildman–Crippen LogP) is 2.34. The van der Waals surface area contributed by atoms with Gasteiger partial charge in [-0.05, 0) is 38.1 Å². The summed E-state index contributed by atoms with van der Waals surface area (Å²) in [4.78, 5) is 11.9. The van der Waals surface area contributed by atoms with Gasteiger partial charge in [-0.15, -0.1) is 0 Å². The second-order valence-corrected chi connectivity index (χ2v) is 6.33. The van der Waals surface area contributed by atoms with Crippen LogP contribution >= 0.6 is 0 Å². The molecule has 4 nitrogen and oxygen atoms in total. The van der Waals surface area contributed by atoms with Gasteiger partial charge < -0.3 is 16.2 Å². The molecule has 0 aromatic carbocycles. The second-order valence-electron chi connectivity index (χ2n) is 6.33. The molecule has 0 saturated heterocycles. The quantitative estimate of drug-likeness (QED) is 0.608. The van der Waals surface area contributed by atoms with Gasteiger partial charge in [0, 0.05) is 13.0 Å². The fourth-order valence-electron chi connectivity index (χ4n) is 3.15. The molecular weight excluding hydrogens is 252 g/mol. The van der Waals surface area contributed by atoms with Crippen LogP contribution < -0.4 is 11.1 Å². The van der Waals surface area contributed by atoms with Crippen molar-refractivity contribution in [3.05, 3.63) is 0 Å². The number of carbonyl (C=O) groups excluding carboxylic acids is 1. The smallest absolute Gasteiger partial charge is 0.220 e. The predicted molar refractivity (Wildman–Crippen MR) is 82.3 cm³/mol. The summed E-state index contributed by atoms with van der Waals surface area (Å²) in [6.07, 6.45) is 9.75. The van der Waals surface area contributed by atoms with E-state index >= 15 is 0 Å². The van der Waals surface area contributed by atoms with Gasteiger partial charge in [0.1, 0.15) is 0 Å². The number of amides is 1. The maximum atomic E-state index is 11.9. The topological polar surface area (TPSA) is 75.4 Å². The molecule has 20 heavy (non-hydrogen) atoms. The molecule has 1 fully saturated rings. The van der Waals surface area contributed by atoms with Gasteiger partial charge in [0.25, 0.3) is 0 Å². The van der Waals surface area contributed by atoms with Gasteiger partial charge >= 0.3 is 0 Å². The lowest BCUT2D eigenvalue weighted by Crippen LogP contribution is -2.44. The van der Waals surface area contributed by atoms with Crippen molar-refractivity contribution in [3.63, 3.8) is 0 Å². The number of rotatable bonds is 9. The van der Waals surface area contributed by atoms with E-state index in [-0.39, 0.29) is 5.91 Å². The largest absolute Gasteiger partial charge is 0.388 e. The minimum absolute atomic E-state index is 0.0714. The first-order valence-corrected chi connectivity index (χ1v) is 8.29. The Hall–Kier alpha value is -0.610. The Morgan fingerprint density at radius 2 is 1.95 bits per heavy atom. The summed E-state index contributed by atoms with van der Waals surface area (Å²) >= 11 is 0. The first-order valence-electron chi connectivity index (χ1n) is 8.29. The average Bonchev–Trinajstić information content (AvgIpc) is 2.44. The van der Waals surface area contributed by atoms with Gasteiger partial charge in [-0.3, -0.25) is 4.79 Å². The van der Waals surface area contributed by atoms with Crippen LogP contribution in [0.3, 0.4) is 0 Å². The molecule has 1 amide bonds. The molecule has 4 N–H and O–H groups in total. The molecule has 118 valence electrons. The SMILES string of the molecule is CCCC(CCN)CCC(=O)NCC1(O)CCCCC1. The Kier molecular flexibility index (Phi) is 8.15. The molecule has 0 spiro atoms. The summed E-state index contributed by atoms with van der Waals surface area (Å²) in [5.74, 6) is 0.635. The molecule has 1 rings (SSSR count). The van der Waals surface area contributed by atoms with Crippen LogP contribution in [0.25, 0.3) is 0 Å². The summed E-state index contributed by atoms with van der Waals surface area (Å²) in [5.41, 5.74) is 4.95. The third-order valence-electron chi connectivity index (χ3n) is 4.45. The highest BCUT2D eigenvalue weighted by molar-refractivity contribution is 5.75. The second kappa shape index (κ2) is 9.35. The van der Waals surface area contributed by atoms with Gasteiger partial charge in [-0.2, -0.15) is 0 Å². The molecule has 1 aliphatic rings. The van der Waals surface area contributed by atoms with Crippen LogP contribution in [0.2, 0.25) is 0 Å². The van der Waals surface area contributed by atoms with E-state index in [9.17, 15) is 9.90 Å². The molecule has 4 heteroatoms. The van der Waals surface area contributed by atoms with Crippen molar-refractivity contribution in [1.82, 2.24) is 5.32 Å². The lowest BCUT2D eigenvalue weighted by molar-refractivity contribution is -0.123. The van der Waals surface area contributed by atoms with E-state index in [0.29, 0.717) is 25.4 Å². The van der Waals surface area contributed by atoms with E-state index < -0.39 is 5.60 Å². The van der Waals surface area contributed by atoms with Crippen LogP contribution in [-0.4, -0.2) is 29.7 Å². The molecule has 1 unspecified atom stereocenters. The van der Waals surface area contributed by atoms with Crippen LogP contribution in [0.15, 0.2) is 0 Å². The standard InChI is InChI=1S/C16H32N2O2/c1-2-6-14(9-12-17)7-8-15(19)18-13-16(20)10-4-3-5-11-16/h14,20H,2-13,17H2,1H3,(H,18,19). The molecule has 0 aliphatic heterocycles. The summed E-state index contributed by atoms with van der Waals surface area (Å²) < 4.78 is 0. The molecule has 0 bridgehead atoms. The van der Waals surface area contributed by atoms with Crippen molar-refractivity contribution in [2.75, 3.05) is 13.1 Å². The Labute approximate surface area is 123 Å². The fourth-order valence-corrected chi connectivity index (χ4v) is 3.15. The highest BCUT2D eigenvalue weighted by Crippen LogP contribution is 2.27. The molecular formula is C16H32N2O2. The van der Waals surface area contributed by atoms with Crippen molar-refractivity contribution >= 4 is 5.91 Å². The van der Waals surface area contributed by atoms with E-state index in [1.54, 1.807) is 0 Å². The Balaban J connectivity index is 2.21. The van der Waals surface area contributed by atoms with Crippen LogP contribution in [0, 0.1) is 5.92 Å². The van der Waals surface area contributed by atoms with Crippen molar-refractivity contribution < 1.29 is 9.90 Å². The number of nitrogens with one attached hydrogen (secondary N) is 1. The number of nitrogens with two attached hydrogens (primary N) is 1. The monoisotopic (exact) mass is 284 g/mol. The Morgan fingerprint density at radius 1 is 1.25 bits per heavy atom. The van der Waals surface area contributed by atoms with Crippen molar-refractivity contribution in [2.24, 2.45) is 11.7 Å². The maximum absolute atomic E-state index is 11.9. The lowest BCUT2D eigenvalue weighted by Gasteiger charge is -2.32. The van der Waals surface area contributed by atoms with Crippen molar-refractivity contribution in [2.45, 2.75) is 76.7 Å². The maximum Gasteiger partial charge on any atom is 0.220 e. The molecule has 0 heterocycles. The van der Waals surface area contributed by atoms with E-state index in [2.05, 4.69) is 12.2 Å². The van der Waals surface area contributed by atoms with Crippen LogP contribution in [0.5, 0.6) is 0 Å². The van der Waals surface area contributed by atoms with Gasteiger partial charge in [0.05, 0.1) is 5.60 Å². The molecule has 1 saturated carbocycles. The fraction of sp³-hybridized carbons (Fsp3) is 0.938. The number of carbonyl (C=O) groups is 1. The minimum atomic E-state index is -0.659. The summed E-state index contributed by atoms with van der Waals surface area (Å²) in [6, 6.07) is 0. The molecule has 1 aliphatic carbocycles. The lowest BCUT2D eigenvalue weighted by atomic mass is 9.85. The van der Waals surface area contributed by atoms with Crippen LogP contribution in [0.4, 0.5) is 0 Å². The van der Waals surface area contributed by atoms with Crippen LogP contribution in [-0.2, 0) is 4.79 Å². The molecule has 0 aromatic rings. The minimum Gasteiger partial charge on any atom is -0.388 e. The van der Waals surface area contributed by atoms with E-state index in [0.717, 1.165) is 51.4 Å². The molecule has 0 aromatic heterocycles. The molecule has 0 radical (unpaired) electrons. The summed E-state index contributed by atoms with van der Waals surface area (Å²) in [6.45, 7) is 3.29. The van der Waals surface area contributed by atoms with Crippen molar-refractivity contribution in [1.29, 1.82) is 0 Å². The van der Waals surface area contributed by atoms with Gasteiger partial charge in [0.15, 0.2) is 0 Å². The first-order chi connectivity index (χ1) is 9.59. The summed E-state index contributed by atoms with van der Waals surface area (Å²) in [7, 11) is 0. The van der Waals surface area contributed by atoms with Gasteiger partial charge in [-0.1, -0.05) is 39.0 Å².